The minimum absolute atomic E-state index is 0.0608. The zero-order valence-corrected chi connectivity index (χ0v) is 14.3. The average Bonchev–Trinajstić information content (AvgIpc) is 3.01. The van der Waals surface area contributed by atoms with E-state index >= 15 is 0 Å². The molecule has 5 nitrogen and oxygen atoms in total. The zero-order chi connectivity index (χ0) is 16.5. The molecule has 1 aliphatic rings. The summed E-state index contributed by atoms with van der Waals surface area (Å²) in [5, 5.41) is 3.61. The van der Waals surface area contributed by atoms with Crippen LogP contribution in [0.25, 0.3) is 0 Å². The Balaban J connectivity index is 1.58. The van der Waals surface area contributed by atoms with Crippen LogP contribution in [-0.2, 0) is 20.9 Å². The van der Waals surface area contributed by atoms with E-state index < -0.39 is 0 Å². The molecule has 128 valence electrons. The summed E-state index contributed by atoms with van der Waals surface area (Å²) in [6, 6.07) is 7.49. The van der Waals surface area contributed by atoms with Crippen molar-refractivity contribution in [1.29, 1.82) is 0 Å². The number of carbonyl (C=O) groups excluding carboxylic acids is 1. The van der Waals surface area contributed by atoms with E-state index in [0.29, 0.717) is 24.1 Å². The quantitative estimate of drug-likeness (QED) is 0.746. The second-order valence-corrected chi connectivity index (χ2v) is 6.24. The largest absolute Gasteiger partial charge is 0.383 e. The van der Waals surface area contributed by atoms with Gasteiger partial charge in [-0.25, -0.2) is 0 Å². The first kappa shape index (κ1) is 18.2. The number of ether oxygens (including phenoxy) is 2. The van der Waals surface area contributed by atoms with Crippen molar-refractivity contribution < 1.29 is 14.3 Å². The summed E-state index contributed by atoms with van der Waals surface area (Å²) >= 11 is 6.04. The Kier molecular flexibility index (Phi) is 7.82. The molecule has 6 heteroatoms. The number of nitrogens with one attached hydrogen (secondary N) is 1. The second-order valence-electron chi connectivity index (χ2n) is 5.84. The lowest BCUT2D eigenvalue weighted by Crippen LogP contribution is -2.33. The minimum atomic E-state index is -0.0765. The molecule has 1 fully saturated rings. The Morgan fingerprint density at radius 1 is 1.43 bits per heavy atom. The number of hydrogen-bond donors (Lipinski definition) is 1. The fraction of sp³-hybridized carbons (Fsp3) is 0.588. The Morgan fingerprint density at radius 2 is 2.26 bits per heavy atom. The van der Waals surface area contributed by atoms with Crippen LogP contribution >= 0.6 is 11.6 Å². The van der Waals surface area contributed by atoms with Gasteiger partial charge in [-0.15, -0.1) is 0 Å². The van der Waals surface area contributed by atoms with Crippen molar-refractivity contribution in [3.8, 4) is 0 Å². The molecule has 2 rings (SSSR count). The Morgan fingerprint density at radius 3 is 3.04 bits per heavy atom. The van der Waals surface area contributed by atoms with E-state index in [1.165, 1.54) is 0 Å². The number of benzene rings is 1. The number of likely N-dealkylation sites (tertiary alicyclic amines) is 1. The highest BCUT2D eigenvalue weighted by atomic mass is 35.5. The van der Waals surface area contributed by atoms with Crippen LogP contribution in [0, 0.1) is 5.92 Å². The van der Waals surface area contributed by atoms with E-state index in [2.05, 4.69) is 10.2 Å². The van der Waals surface area contributed by atoms with Gasteiger partial charge in [0.05, 0.1) is 13.2 Å². The molecule has 1 atom stereocenters. The van der Waals surface area contributed by atoms with Crippen molar-refractivity contribution in [2.75, 3.05) is 46.5 Å². The summed E-state index contributed by atoms with van der Waals surface area (Å²) in [4.78, 5) is 14.2. The molecule has 0 unspecified atom stereocenters. The summed E-state index contributed by atoms with van der Waals surface area (Å²) in [5.41, 5.74) is 0.895. The van der Waals surface area contributed by atoms with Gasteiger partial charge in [-0.3, -0.25) is 4.79 Å². The highest BCUT2D eigenvalue weighted by Gasteiger charge is 2.22. The average molecular weight is 341 g/mol. The van der Waals surface area contributed by atoms with Crippen LogP contribution in [0.4, 0.5) is 0 Å². The maximum Gasteiger partial charge on any atom is 0.246 e. The predicted octanol–water partition coefficient (Wildman–Crippen LogP) is 1.94. The lowest BCUT2D eigenvalue weighted by Gasteiger charge is -2.15. The van der Waals surface area contributed by atoms with E-state index in [9.17, 15) is 4.79 Å². The van der Waals surface area contributed by atoms with Crippen LogP contribution in [0.3, 0.4) is 0 Å². The number of carbonyl (C=O) groups is 1. The van der Waals surface area contributed by atoms with Gasteiger partial charge in [0.2, 0.25) is 5.91 Å². The van der Waals surface area contributed by atoms with Crippen LogP contribution in [0.1, 0.15) is 12.0 Å². The molecular weight excluding hydrogens is 316 g/mol. The summed E-state index contributed by atoms with van der Waals surface area (Å²) < 4.78 is 10.5. The fourth-order valence-corrected chi connectivity index (χ4v) is 2.87. The lowest BCUT2D eigenvalue weighted by molar-refractivity contribution is -0.126. The third-order valence-electron chi connectivity index (χ3n) is 4.02. The monoisotopic (exact) mass is 340 g/mol. The minimum Gasteiger partial charge on any atom is -0.383 e. The molecule has 1 saturated heterocycles. The van der Waals surface area contributed by atoms with Crippen LogP contribution in [0.15, 0.2) is 24.3 Å². The molecule has 0 bridgehead atoms. The van der Waals surface area contributed by atoms with E-state index in [1.807, 2.05) is 24.3 Å². The Labute approximate surface area is 142 Å². The highest BCUT2D eigenvalue weighted by molar-refractivity contribution is 6.31. The molecular formula is C17H25ClN2O3. The van der Waals surface area contributed by atoms with Crippen molar-refractivity contribution in [2.45, 2.75) is 13.0 Å². The molecule has 1 aromatic rings. The van der Waals surface area contributed by atoms with Crippen molar-refractivity contribution in [2.24, 2.45) is 5.92 Å². The van der Waals surface area contributed by atoms with Gasteiger partial charge in [0.1, 0.15) is 6.61 Å². The highest BCUT2D eigenvalue weighted by Crippen LogP contribution is 2.16. The molecule has 0 aromatic heterocycles. The first-order valence-corrected chi connectivity index (χ1v) is 8.36. The van der Waals surface area contributed by atoms with Gasteiger partial charge in [-0.2, -0.15) is 0 Å². The van der Waals surface area contributed by atoms with E-state index in [1.54, 1.807) is 7.11 Å². The maximum atomic E-state index is 11.8. The van der Waals surface area contributed by atoms with Crippen LogP contribution in [0.2, 0.25) is 5.02 Å². The van der Waals surface area contributed by atoms with Crippen molar-refractivity contribution in [3.05, 3.63) is 34.9 Å². The van der Waals surface area contributed by atoms with Crippen LogP contribution in [0.5, 0.6) is 0 Å². The topological polar surface area (TPSA) is 50.8 Å². The summed E-state index contributed by atoms with van der Waals surface area (Å²) in [6.07, 6.45) is 1.12. The summed E-state index contributed by atoms with van der Waals surface area (Å²) in [5.74, 6) is 0.437. The number of nitrogens with zero attached hydrogens (tertiary/aromatic N) is 1. The van der Waals surface area contributed by atoms with Crippen LogP contribution in [-0.4, -0.2) is 57.3 Å². The molecule has 0 spiro atoms. The normalized spacial score (nSPS) is 18.3. The molecule has 23 heavy (non-hydrogen) atoms. The molecule has 0 aliphatic carbocycles. The Bertz CT molecular complexity index is 498. The SMILES string of the molecule is COCCN1CC[C@H](CNC(=O)COCc2ccccc2Cl)C1. The van der Waals surface area contributed by atoms with Gasteiger partial charge in [-0.1, -0.05) is 29.8 Å². The van der Waals surface area contributed by atoms with Crippen molar-refractivity contribution >= 4 is 17.5 Å². The zero-order valence-electron chi connectivity index (χ0n) is 13.6. The number of amides is 1. The van der Waals surface area contributed by atoms with Gasteiger partial charge in [0.25, 0.3) is 0 Å². The molecule has 0 saturated carbocycles. The number of halogens is 1. The number of rotatable bonds is 9. The first-order valence-electron chi connectivity index (χ1n) is 7.98. The summed E-state index contributed by atoms with van der Waals surface area (Å²) in [6.45, 7) is 4.93. The molecule has 1 heterocycles. The smallest absolute Gasteiger partial charge is 0.246 e. The number of methoxy groups -OCH3 is 1. The third kappa shape index (κ3) is 6.47. The van der Waals surface area contributed by atoms with E-state index in [-0.39, 0.29) is 12.5 Å². The fourth-order valence-electron chi connectivity index (χ4n) is 2.68. The van der Waals surface area contributed by atoms with Crippen molar-refractivity contribution in [1.82, 2.24) is 10.2 Å². The predicted molar refractivity (Wildman–Crippen MR) is 90.5 cm³/mol. The third-order valence-corrected chi connectivity index (χ3v) is 4.39. The van der Waals surface area contributed by atoms with Gasteiger partial charge < -0.3 is 19.7 Å². The summed E-state index contributed by atoms with van der Waals surface area (Å²) in [7, 11) is 1.72. The standard InChI is InChI=1S/C17H25ClN2O3/c1-22-9-8-20-7-6-14(11-20)10-19-17(21)13-23-12-15-4-2-3-5-16(15)18/h2-5,14H,6-13H2,1H3,(H,19,21)/t14-/m1/s1. The second kappa shape index (κ2) is 9.88. The number of hydrogen-bond acceptors (Lipinski definition) is 4. The molecule has 0 radical (unpaired) electrons. The Hall–Kier alpha value is -1.14. The van der Waals surface area contributed by atoms with E-state index in [0.717, 1.165) is 38.2 Å². The lowest BCUT2D eigenvalue weighted by atomic mass is 10.1. The van der Waals surface area contributed by atoms with E-state index in [4.69, 9.17) is 21.1 Å². The van der Waals surface area contributed by atoms with Gasteiger partial charge in [0.15, 0.2) is 0 Å². The molecule has 1 amide bonds. The van der Waals surface area contributed by atoms with Gasteiger partial charge in [0, 0.05) is 31.8 Å². The van der Waals surface area contributed by atoms with Gasteiger partial charge in [-0.05, 0) is 30.5 Å². The van der Waals surface area contributed by atoms with Crippen molar-refractivity contribution in [3.63, 3.8) is 0 Å². The molecule has 1 aliphatic heterocycles. The molecule has 1 N–H and O–H groups in total. The van der Waals surface area contributed by atoms with Gasteiger partial charge >= 0.3 is 0 Å². The van der Waals surface area contributed by atoms with Crippen LogP contribution < -0.4 is 5.32 Å². The first-order chi connectivity index (χ1) is 11.2. The maximum absolute atomic E-state index is 11.8. The molecule has 1 aromatic carbocycles.